The van der Waals surface area contributed by atoms with Crippen LogP contribution in [0.25, 0.3) is 0 Å². The van der Waals surface area contributed by atoms with Crippen molar-refractivity contribution in [1.29, 1.82) is 0 Å². The van der Waals surface area contributed by atoms with E-state index in [1.165, 1.54) is 35.2 Å². The van der Waals surface area contributed by atoms with Gasteiger partial charge in [-0.05, 0) is 55.0 Å². The number of carbonyl (C=O) groups excluding carboxylic acids is 1. The molecule has 0 radical (unpaired) electrons. The molecular weight excluding hydrogens is 568 g/mol. The van der Waals surface area contributed by atoms with Gasteiger partial charge >= 0.3 is 0 Å². The first-order valence-electron chi connectivity index (χ1n) is 12.4. The van der Waals surface area contributed by atoms with E-state index < -0.39 is 28.3 Å². The predicted octanol–water partition coefficient (Wildman–Crippen LogP) is 4.59. The molecule has 1 fully saturated rings. The smallest absolute Gasteiger partial charge is 0.245 e. The lowest BCUT2D eigenvalue weighted by Crippen LogP contribution is -2.47. The fourth-order valence-corrected chi connectivity index (χ4v) is 6.35. The van der Waals surface area contributed by atoms with Crippen LogP contribution in [0.3, 0.4) is 0 Å². The zero-order chi connectivity index (χ0) is 28.0. The van der Waals surface area contributed by atoms with Crippen molar-refractivity contribution in [1.82, 2.24) is 14.1 Å². The molecule has 0 spiro atoms. The maximum atomic E-state index is 13.8. The molecule has 2 heterocycles. The van der Waals surface area contributed by atoms with Crippen LogP contribution in [-0.2, 0) is 32.6 Å². The number of morpholine rings is 1. The molecule has 210 valence electrons. The van der Waals surface area contributed by atoms with Gasteiger partial charge in [0.15, 0.2) is 0 Å². The first-order chi connectivity index (χ1) is 18.6. The number of furan rings is 1. The van der Waals surface area contributed by atoms with Gasteiger partial charge in [0, 0.05) is 37.7 Å². The molecule has 1 saturated heterocycles. The fraction of sp³-hybridized carbons (Fsp3) is 0.370. The Kier molecular flexibility index (Phi) is 10.0. The van der Waals surface area contributed by atoms with E-state index in [-0.39, 0.29) is 34.6 Å². The molecule has 39 heavy (non-hydrogen) atoms. The molecule has 1 aromatic heterocycles. The molecule has 8 nitrogen and oxygen atoms in total. The molecule has 1 aliphatic heterocycles. The van der Waals surface area contributed by atoms with Crippen molar-refractivity contribution in [2.24, 2.45) is 0 Å². The summed E-state index contributed by atoms with van der Waals surface area (Å²) in [6.07, 6.45) is 0. The highest BCUT2D eigenvalue weighted by Crippen LogP contribution is 2.28. The minimum atomic E-state index is -4.19. The predicted molar refractivity (Wildman–Crippen MR) is 147 cm³/mol. The van der Waals surface area contributed by atoms with Crippen molar-refractivity contribution in [3.8, 4) is 0 Å². The van der Waals surface area contributed by atoms with Crippen molar-refractivity contribution in [3.05, 3.63) is 87.5 Å². The second-order valence-corrected chi connectivity index (χ2v) is 12.0. The number of hydrogen-bond acceptors (Lipinski definition) is 6. The second kappa shape index (κ2) is 13.3. The molecular formula is C27H30Cl2FN3O5S. The highest BCUT2D eigenvalue weighted by atomic mass is 35.5. The average molecular weight is 599 g/mol. The maximum Gasteiger partial charge on any atom is 0.245 e. The number of ether oxygens (including phenoxy) is 1. The summed E-state index contributed by atoms with van der Waals surface area (Å²) in [7, 11) is -4.19. The van der Waals surface area contributed by atoms with Crippen LogP contribution in [0.15, 0.2) is 63.9 Å². The van der Waals surface area contributed by atoms with Crippen LogP contribution >= 0.6 is 23.2 Å². The normalized spacial score (nSPS) is 14.6. The van der Waals surface area contributed by atoms with Gasteiger partial charge in [-0.3, -0.25) is 9.69 Å². The van der Waals surface area contributed by atoms with Gasteiger partial charge in [-0.2, -0.15) is 4.31 Å². The number of nitrogens with zero attached hydrogens (tertiary/aromatic N) is 3. The van der Waals surface area contributed by atoms with Crippen LogP contribution in [0.5, 0.6) is 0 Å². The van der Waals surface area contributed by atoms with Gasteiger partial charge in [-0.1, -0.05) is 35.3 Å². The summed E-state index contributed by atoms with van der Waals surface area (Å²) in [5.41, 5.74) is 0.689. The summed E-state index contributed by atoms with van der Waals surface area (Å²) in [5.74, 6) is 0.391. The molecule has 0 saturated carbocycles. The molecule has 4 rings (SSSR count). The van der Waals surface area contributed by atoms with Crippen LogP contribution in [0.2, 0.25) is 10.0 Å². The monoisotopic (exact) mass is 597 g/mol. The van der Waals surface area contributed by atoms with Gasteiger partial charge in [-0.15, -0.1) is 0 Å². The van der Waals surface area contributed by atoms with E-state index in [0.717, 1.165) is 4.31 Å². The van der Waals surface area contributed by atoms with Gasteiger partial charge < -0.3 is 14.1 Å². The van der Waals surface area contributed by atoms with Crippen molar-refractivity contribution < 1.29 is 26.8 Å². The summed E-state index contributed by atoms with van der Waals surface area (Å²) >= 11 is 12.4. The molecule has 0 aliphatic carbocycles. The molecule has 1 aliphatic rings. The minimum Gasteiger partial charge on any atom is -0.464 e. The topological polar surface area (TPSA) is 83.3 Å². The van der Waals surface area contributed by atoms with Gasteiger partial charge in [0.2, 0.25) is 15.9 Å². The summed E-state index contributed by atoms with van der Waals surface area (Å²) < 4.78 is 53.3. The van der Waals surface area contributed by atoms with Crippen LogP contribution in [-0.4, -0.2) is 74.4 Å². The van der Waals surface area contributed by atoms with Crippen LogP contribution in [0, 0.1) is 12.7 Å². The van der Waals surface area contributed by atoms with E-state index in [0.29, 0.717) is 49.9 Å². The summed E-state index contributed by atoms with van der Waals surface area (Å²) in [6.45, 7) is 4.50. The Morgan fingerprint density at radius 2 is 1.74 bits per heavy atom. The maximum absolute atomic E-state index is 13.8. The second-order valence-electron chi connectivity index (χ2n) is 9.26. The zero-order valence-electron chi connectivity index (χ0n) is 21.5. The molecule has 1 amide bonds. The largest absolute Gasteiger partial charge is 0.464 e. The third kappa shape index (κ3) is 8.03. The summed E-state index contributed by atoms with van der Waals surface area (Å²) in [5, 5.41) is 0.223. The Labute approximate surface area is 237 Å². The number of aryl methyl sites for hydroxylation is 1. The number of rotatable bonds is 11. The van der Waals surface area contributed by atoms with Gasteiger partial charge in [-0.25, -0.2) is 12.8 Å². The third-order valence-corrected chi connectivity index (χ3v) is 8.94. The minimum absolute atomic E-state index is 0.0115. The SMILES string of the molecule is Cc1ccc(CN(Cc2ccc(F)cc2)C(=O)CN(CCN2CCOCC2)S(=O)(=O)c2cc(Cl)ccc2Cl)o1. The fourth-order valence-electron chi connectivity index (χ4n) is 4.23. The molecule has 0 N–H and O–H groups in total. The lowest BCUT2D eigenvalue weighted by molar-refractivity contribution is -0.133. The summed E-state index contributed by atoms with van der Waals surface area (Å²) in [6, 6.07) is 13.6. The van der Waals surface area contributed by atoms with Crippen LogP contribution in [0.1, 0.15) is 17.1 Å². The van der Waals surface area contributed by atoms with Gasteiger partial charge in [0.05, 0.1) is 31.3 Å². The van der Waals surface area contributed by atoms with E-state index in [1.807, 2.05) is 0 Å². The lowest BCUT2D eigenvalue weighted by Gasteiger charge is -2.31. The lowest BCUT2D eigenvalue weighted by atomic mass is 10.2. The highest BCUT2D eigenvalue weighted by molar-refractivity contribution is 7.89. The molecule has 12 heteroatoms. The zero-order valence-corrected chi connectivity index (χ0v) is 23.8. The Bertz CT molecular complexity index is 1380. The number of amides is 1. The van der Waals surface area contributed by atoms with Gasteiger partial charge in [0.25, 0.3) is 0 Å². The van der Waals surface area contributed by atoms with Crippen molar-refractivity contribution >= 4 is 39.1 Å². The Hall–Kier alpha value is -2.47. The van der Waals surface area contributed by atoms with E-state index in [1.54, 1.807) is 31.2 Å². The average Bonchev–Trinajstić information content (AvgIpc) is 3.33. The number of benzene rings is 2. The highest BCUT2D eigenvalue weighted by Gasteiger charge is 2.31. The third-order valence-electron chi connectivity index (χ3n) is 6.37. The molecule has 0 atom stereocenters. The van der Waals surface area contributed by atoms with E-state index >= 15 is 0 Å². The molecule has 2 aromatic carbocycles. The van der Waals surface area contributed by atoms with E-state index in [2.05, 4.69) is 4.90 Å². The number of hydrogen-bond donors (Lipinski definition) is 0. The van der Waals surface area contributed by atoms with Crippen LogP contribution in [0.4, 0.5) is 4.39 Å². The van der Waals surface area contributed by atoms with Crippen molar-refractivity contribution in [3.63, 3.8) is 0 Å². The molecule has 0 bridgehead atoms. The molecule has 0 unspecified atom stereocenters. The van der Waals surface area contributed by atoms with E-state index in [9.17, 15) is 17.6 Å². The first kappa shape index (κ1) is 29.5. The Morgan fingerprint density at radius 3 is 2.41 bits per heavy atom. The van der Waals surface area contributed by atoms with Gasteiger partial charge in [0.1, 0.15) is 22.2 Å². The van der Waals surface area contributed by atoms with Crippen molar-refractivity contribution in [2.45, 2.75) is 24.9 Å². The quantitative estimate of drug-likeness (QED) is 0.321. The number of carbonyl (C=O) groups is 1. The Morgan fingerprint density at radius 1 is 1.03 bits per heavy atom. The first-order valence-corrected chi connectivity index (χ1v) is 14.6. The van der Waals surface area contributed by atoms with Crippen LogP contribution < -0.4 is 0 Å². The number of halogens is 3. The Balaban J connectivity index is 1.61. The standard InChI is InChI=1S/C27H30Cl2FN3O5S/c1-20-2-8-24(38-20)18-32(17-21-3-6-23(30)7-4-21)27(34)19-33(11-10-31-12-14-37-15-13-31)39(35,36)26-16-22(28)5-9-25(26)29/h2-9,16H,10-15,17-19H2,1H3. The van der Waals surface area contributed by atoms with Crippen molar-refractivity contribution in [2.75, 3.05) is 45.9 Å². The number of sulfonamides is 1. The summed E-state index contributed by atoms with van der Waals surface area (Å²) in [4.78, 5) is 17.1. The van der Waals surface area contributed by atoms with E-state index in [4.69, 9.17) is 32.4 Å². The molecule has 3 aromatic rings.